The normalized spacial score (nSPS) is 12.1. The first kappa shape index (κ1) is 15.6. The first-order chi connectivity index (χ1) is 10.2. The number of nitrogens with one attached hydrogen (secondary N) is 1. The lowest BCUT2D eigenvalue weighted by atomic mass is 9.97. The fraction of sp³-hybridized carbons (Fsp3) is 0.368. The first-order valence-corrected chi connectivity index (χ1v) is 7.66. The van der Waals surface area contributed by atoms with Crippen LogP contribution >= 0.6 is 0 Å². The lowest BCUT2D eigenvalue weighted by Crippen LogP contribution is -2.21. The Balaban J connectivity index is 2.10. The largest absolute Gasteiger partial charge is 0.496 e. The quantitative estimate of drug-likeness (QED) is 0.818. The SMILES string of the molecule is CCNC(CCc1cc(C)ccc1OC)c1ccccc1. The molecule has 21 heavy (non-hydrogen) atoms. The van der Waals surface area contributed by atoms with Crippen LogP contribution in [-0.2, 0) is 6.42 Å². The van der Waals surface area contributed by atoms with Crippen LogP contribution < -0.4 is 10.1 Å². The van der Waals surface area contributed by atoms with Gasteiger partial charge in [0.25, 0.3) is 0 Å². The second-order valence-corrected chi connectivity index (χ2v) is 5.37. The zero-order valence-corrected chi connectivity index (χ0v) is 13.2. The predicted octanol–water partition coefficient (Wildman–Crippen LogP) is 4.29. The van der Waals surface area contributed by atoms with Gasteiger partial charge in [-0.2, -0.15) is 0 Å². The second-order valence-electron chi connectivity index (χ2n) is 5.37. The summed E-state index contributed by atoms with van der Waals surface area (Å²) < 4.78 is 5.48. The minimum Gasteiger partial charge on any atom is -0.496 e. The Kier molecular flexibility index (Phi) is 5.82. The van der Waals surface area contributed by atoms with E-state index < -0.39 is 0 Å². The van der Waals surface area contributed by atoms with Crippen molar-refractivity contribution in [3.8, 4) is 5.75 Å². The molecule has 2 aromatic carbocycles. The molecule has 1 atom stereocenters. The van der Waals surface area contributed by atoms with Crippen molar-refractivity contribution in [3.63, 3.8) is 0 Å². The van der Waals surface area contributed by atoms with Crippen molar-refractivity contribution >= 4 is 0 Å². The summed E-state index contributed by atoms with van der Waals surface area (Å²) in [7, 11) is 1.74. The molecule has 0 amide bonds. The van der Waals surface area contributed by atoms with Crippen LogP contribution in [0.5, 0.6) is 5.75 Å². The number of benzene rings is 2. The van der Waals surface area contributed by atoms with Crippen LogP contribution in [-0.4, -0.2) is 13.7 Å². The van der Waals surface area contributed by atoms with Crippen molar-refractivity contribution in [1.82, 2.24) is 5.32 Å². The molecular weight excluding hydrogens is 258 g/mol. The van der Waals surface area contributed by atoms with E-state index in [2.05, 4.69) is 67.7 Å². The Morgan fingerprint density at radius 1 is 1.10 bits per heavy atom. The highest BCUT2D eigenvalue weighted by Gasteiger charge is 2.11. The highest BCUT2D eigenvalue weighted by Crippen LogP contribution is 2.25. The second kappa shape index (κ2) is 7.84. The zero-order valence-electron chi connectivity index (χ0n) is 13.2. The fourth-order valence-electron chi connectivity index (χ4n) is 2.72. The molecule has 112 valence electrons. The summed E-state index contributed by atoms with van der Waals surface area (Å²) in [4.78, 5) is 0. The smallest absolute Gasteiger partial charge is 0.122 e. The van der Waals surface area contributed by atoms with E-state index >= 15 is 0 Å². The van der Waals surface area contributed by atoms with Crippen molar-refractivity contribution in [3.05, 3.63) is 65.2 Å². The average Bonchev–Trinajstić information content (AvgIpc) is 2.52. The lowest BCUT2D eigenvalue weighted by molar-refractivity contribution is 0.406. The maximum atomic E-state index is 5.48. The summed E-state index contributed by atoms with van der Waals surface area (Å²) in [5.74, 6) is 0.990. The number of methoxy groups -OCH3 is 1. The summed E-state index contributed by atoms with van der Waals surface area (Å²) in [6.45, 7) is 5.26. The molecule has 1 N–H and O–H groups in total. The molecule has 2 aromatic rings. The summed E-state index contributed by atoms with van der Waals surface area (Å²) in [5, 5.41) is 3.58. The molecule has 2 heteroatoms. The molecule has 0 fully saturated rings. The van der Waals surface area contributed by atoms with E-state index in [1.807, 2.05) is 0 Å². The Morgan fingerprint density at radius 2 is 1.86 bits per heavy atom. The third-order valence-corrected chi connectivity index (χ3v) is 3.79. The van der Waals surface area contributed by atoms with Gasteiger partial charge in [-0.3, -0.25) is 0 Å². The summed E-state index contributed by atoms with van der Waals surface area (Å²) in [5.41, 5.74) is 3.92. The van der Waals surface area contributed by atoms with Crippen molar-refractivity contribution in [2.24, 2.45) is 0 Å². The van der Waals surface area contributed by atoms with Gasteiger partial charge in [0.05, 0.1) is 7.11 Å². The molecule has 2 rings (SSSR count). The van der Waals surface area contributed by atoms with E-state index in [4.69, 9.17) is 4.74 Å². The van der Waals surface area contributed by atoms with Crippen molar-refractivity contribution in [1.29, 1.82) is 0 Å². The molecule has 0 saturated carbocycles. The molecule has 0 aromatic heterocycles. The van der Waals surface area contributed by atoms with Crippen molar-refractivity contribution < 1.29 is 4.74 Å². The highest BCUT2D eigenvalue weighted by atomic mass is 16.5. The van der Waals surface area contributed by atoms with Gasteiger partial charge in [-0.1, -0.05) is 55.0 Å². The topological polar surface area (TPSA) is 21.3 Å². The van der Waals surface area contributed by atoms with Gasteiger partial charge in [0.1, 0.15) is 5.75 Å². The van der Waals surface area contributed by atoms with Crippen molar-refractivity contribution in [2.45, 2.75) is 32.7 Å². The van der Waals surface area contributed by atoms with Gasteiger partial charge in [-0.15, -0.1) is 0 Å². The molecule has 0 bridgehead atoms. The third-order valence-electron chi connectivity index (χ3n) is 3.79. The van der Waals surface area contributed by atoms with E-state index in [9.17, 15) is 0 Å². The van der Waals surface area contributed by atoms with Crippen LogP contribution in [0.1, 0.15) is 36.1 Å². The zero-order chi connectivity index (χ0) is 15.1. The molecule has 0 radical (unpaired) electrons. The minimum atomic E-state index is 0.390. The van der Waals surface area contributed by atoms with Crippen LogP contribution in [0.25, 0.3) is 0 Å². The van der Waals surface area contributed by atoms with E-state index in [0.717, 1.165) is 25.1 Å². The maximum Gasteiger partial charge on any atom is 0.122 e. The standard InChI is InChI=1S/C19H25NO/c1-4-20-18(16-8-6-5-7-9-16)12-11-17-14-15(2)10-13-19(17)21-3/h5-10,13-14,18,20H,4,11-12H2,1-3H3. The monoisotopic (exact) mass is 283 g/mol. The molecule has 0 spiro atoms. The van der Waals surface area contributed by atoms with Crippen molar-refractivity contribution in [2.75, 3.05) is 13.7 Å². The van der Waals surface area contributed by atoms with Crippen LogP contribution in [0.4, 0.5) is 0 Å². The highest BCUT2D eigenvalue weighted by molar-refractivity contribution is 5.37. The number of rotatable bonds is 7. The van der Waals surface area contributed by atoms with Gasteiger partial charge in [0.2, 0.25) is 0 Å². The third kappa shape index (κ3) is 4.33. The van der Waals surface area contributed by atoms with Gasteiger partial charge in [0, 0.05) is 6.04 Å². The Hall–Kier alpha value is -1.80. The van der Waals surface area contributed by atoms with Crippen LogP contribution in [0, 0.1) is 6.92 Å². The Labute approximate surface area is 128 Å². The van der Waals surface area contributed by atoms with Gasteiger partial charge < -0.3 is 10.1 Å². The van der Waals surface area contributed by atoms with E-state index in [0.29, 0.717) is 6.04 Å². The first-order valence-electron chi connectivity index (χ1n) is 7.66. The van der Waals surface area contributed by atoms with Gasteiger partial charge >= 0.3 is 0 Å². The summed E-state index contributed by atoms with van der Waals surface area (Å²) in [6.07, 6.45) is 2.08. The number of hydrogen-bond donors (Lipinski definition) is 1. The van der Waals surface area contributed by atoms with Crippen LogP contribution in [0.3, 0.4) is 0 Å². The average molecular weight is 283 g/mol. The molecule has 0 saturated heterocycles. The minimum absolute atomic E-state index is 0.390. The van der Waals surface area contributed by atoms with Gasteiger partial charge in [-0.05, 0) is 43.5 Å². The Bertz CT molecular complexity index is 551. The molecule has 0 aliphatic rings. The van der Waals surface area contributed by atoms with Gasteiger partial charge in [0.15, 0.2) is 0 Å². The lowest BCUT2D eigenvalue weighted by Gasteiger charge is -2.19. The molecule has 0 aliphatic carbocycles. The number of hydrogen-bond acceptors (Lipinski definition) is 2. The summed E-state index contributed by atoms with van der Waals surface area (Å²) in [6, 6.07) is 17.4. The van der Waals surface area contributed by atoms with E-state index in [-0.39, 0.29) is 0 Å². The summed E-state index contributed by atoms with van der Waals surface area (Å²) >= 11 is 0. The fourth-order valence-corrected chi connectivity index (χ4v) is 2.72. The maximum absolute atomic E-state index is 5.48. The Morgan fingerprint density at radius 3 is 2.52 bits per heavy atom. The number of aryl methyl sites for hydroxylation is 2. The predicted molar refractivity (Wildman–Crippen MR) is 88.9 cm³/mol. The molecule has 0 aliphatic heterocycles. The molecule has 1 unspecified atom stereocenters. The van der Waals surface area contributed by atoms with E-state index in [1.54, 1.807) is 7.11 Å². The van der Waals surface area contributed by atoms with Gasteiger partial charge in [-0.25, -0.2) is 0 Å². The molecule has 0 heterocycles. The molecular formula is C19H25NO. The van der Waals surface area contributed by atoms with Crippen LogP contribution in [0.15, 0.2) is 48.5 Å². The van der Waals surface area contributed by atoms with Crippen LogP contribution in [0.2, 0.25) is 0 Å². The van der Waals surface area contributed by atoms with E-state index in [1.165, 1.54) is 16.7 Å². The molecule has 2 nitrogen and oxygen atoms in total. The number of ether oxygens (including phenoxy) is 1.